The van der Waals surface area contributed by atoms with Crippen LogP contribution in [0.25, 0.3) is 44.4 Å². The molecule has 10 heteroatoms. The zero-order valence-electron chi connectivity index (χ0n) is 26.3. The minimum Gasteiger partial charge on any atom is -0.469 e. The summed E-state index contributed by atoms with van der Waals surface area (Å²) in [7, 11) is 2.79. The lowest BCUT2D eigenvalue weighted by atomic mass is 9.99. The van der Waals surface area contributed by atoms with Gasteiger partial charge in [0.25, 0.3) is 0 Å². The van der Waals surface area contributed by atoms with Crippen LogP contribution in [0.15, 0.2) is 30.3 Å². The molecule has 3 aromatic rings. The van der Waals surface area contributed by atoms with Crippen LogP contribution in [-0.4, -0.2) is 57.9 Å². The van der Waals surface area contributed by atoms with Crippen molar-refractivity contribution in [3.8, 4) is 0 Å². The van der Waals surface area contributed by atoms with Crippen LogP contribution >= 0.6 is 23.2 Å². The monoisotopic (exact) mass is 648 g/mol. The Hall–Kier alpha value is -3.88. The summed E-state index contributed by atoms with van der Waals surface area (Å²) < 4.78 is 9.86. The number of nitrogens with one attached hydrogen (secondary N) is 2. The highest BCUT2D eigenvalue weighted by Gasteiger charge is 2.22. The Balaban J connectivity index is 1.86. The van der Waals surface area contributed by atoms with Gasteiger partial charge in [0.15, 0.2) is 0 Å². The van der Waals surface area contributed by atoms with Gasteiger partial charge in [0.05, 0.1) is 37.0 Å². The van der Waals surface area contributed by atoms with Crippen LogP contribution < -0.4 is 0 Å². The Bertz CT molecular complexity index is 1880. The van der Waals surface area contributed by atoms with E-state index < -0.39 is 0 Å². The van der Waals surface area contributed by atoms with Gasteiger partial charge in [-0.3, -0.25) is 9.59 Å². The number of allylic oxidation sites excluding steroid dienone is 4. The van der Waals surface area contributed by atoms with Crippen LogP contribution in [0, 0.1) is 6.92 Å². The van der Waals surface area contributed by atoms with Gasteiger partial charge >= 0.3 is 11.9 Å². The van der Waals surface area contributed by atoms with E-state index in [1.165, 1.54) is 14.2 Å². The van der Waals surface area contributed by atoms with Crippen LogP contribution in [0.2, 0.25) is 0 Å². The first-order valence-corrected chi connectivity index (χ1v) is 16.1. The number of aromatic nitrogens is 4. The highest BCUT2D eigenvalue weighted by atomic mass is 35.5. The molecule has 236 valence electrons. The lowest BCUT2D eigenvalue weighted by Gasteiger charge is -2.04. The summed E-state index contributed by atoms with van der Waals surface area (Å²) in [4.78, 5) is 41.6. The molecule has 0 saturated carbocycles. The first-order chi connectivity index (χ1) is 21.7. The molecule has 0 aromatic carbocycles. The number of nitrogens with zero attached hydrogens (tertiary/aromatic N) is 2. The molecular weight excluding hydrogens is 611 g/mol. The van der Waals surface area contributed by atoms with E-state index in [4.69, 9.17) is 42.6 Å². The number of carbonyl (C=O) groups excluding carboxylic acids is 2. The molecule has 0 saturated heterocycles. The minimum absolute atomic E-state index is 0.228. The van der Waals surface area contributed by atoms with Crippen molar-refractivity contribution < 1.29 is 19.1 Å². The zero-order valence-corrected chi connectivity index (χ0v) is 27.8. The molecule has 0 aliphatic carbocycles. The Kier molecular flexibility index (Phi) is 10.1. The number of alkyl halides is 2. The van der Waals surface area contributed by atoms with E-state index in [0.29, 0.717) is 37.4 Å². The number of hydrogen-bond donors (Lipinski definition) is 2. The Morgan fingerprint density at radius 1 is 0.667 bits per heavy atom. The lowest BCUT2D eigenvalue weighted by molar-refractivity contribution is -0.141. The smallest absolute Gasteiger partial charge is 0.305 e. The molecule has 0 unspecified atom stereocenters. The zero-order chi connectivity index (χ0) is 32.2. The van der Waals surface area contributed by atoms with Crippen molar-refractivity contribution >= 4 is 79.5 Å². The van der Waals surface area contributed by atoms with Crippen LogP contribution in [0.1, 0.15) is 79.0 Å². The number of aromatic amines is 2. The number of hydrogen-bond acceptors (Lipinski definition) is 6. The minimum atomic E-state index is -0.284. The highest BCUT2D eigenvalue weighted by Crippen LogP contribution is 2.37. The number of rotatable bonds is 10. The number of fused-ring (bicyclic) bond motifs is 8. The third kappa shape index (κ3) is 6.87. The second-order valence-corrected chi connectivity index (χ2v) is 12.1. The molecule has 0 fully saturated rings. The summed E-state index contributed by atoms with van der Waals surface area (Å²) in [5, 5.41) is 0. The third-order valence-corrected chi connectivity index (χ3v) is 9.02. The lowest BCUT2D eigenvalue weighted by Crippen LogP contribution is -2.01. The predicted molar refractivity (Wildman–Crippen MR) is 182 cm³/mol. The number of H-pyrrole nitrogens is 2. The van der Waals surface area contributed by atoms with Gasteiger partial charge in [-0.1, -0.05) is 0 Å². The second-order valence-electron chi connectivity index (χ2n) is 11.3. The van der Waals surface area contributed by atoms with Crippen LogP contribution in [-0.2, 0) is 31.9 Å². The molecule has 0 spiro atoms. The van der Waals surface area contributed by atoms with E-state index in [1.54, 1.807) is 0 Å². The van der Waals surface area contributed by atoms with Crippen LogP contribution in [0.3, 0.4) is 0 Å². The molecule has 45 heavy (non-hydrogen) atoms. The van der Waals surface area contributed by atoms with Crippen molar-refractivity contribution in [1.82, 2.24) is 19.9 Å². The second kappa shape index (κ2) is 14.0. The van der Waals surface area contributed by atoms with Gasteiger partial charge in [0, 0.05) is 46.7 Å². The summed E-state index contributed by atoms with van der Waals surface area (Å²) in [6.45, 7) is 6.20. The number of carbonyl (C=O) groups is 2. The van der Waals surface area contributed by atoms with Crippen LogP contribution in [0.4, 0.5) is 0 Å². The molecule has 2 aliphatic rings. The summed E-state index contributed by atoms with van der Waals surface area (Å²) in [6, 6.07) is 10.2. The molecule has 5 rings (SSSR count). The van der Waals surface area contributed by atoms with Gasteiger partial charge in [0.2, 0.25) is 0 Å². The number of aryl methyl sites for hydroxylation is 3. The maximum atomic E-state index is 12.2. The van der Waals surface area contributed by atoms with Crippen molar-refractivity contribution in [1.29, 1.82) is 0 Å². The number of halogens is 2. The molecule has 8 bridgehead atoms. The van der Waals surface area contributed by atoms with Crippen molar-refractivity contribution in [2.24, 2.45) is 0 Å². The van der Waals surface area contributed by atoms with Crippen molar-refractivity contribution in [2.45, 2.75) is 59.3 Å². The maximum Gasteiger partial charge on any atom is 0.305 e. The van der Waals surface area contributed by atoms with Crippen molar-refractivity contribution in [2.75, 3.05) is 26.0 Å². The Morgan fingerprint density at radius 2 is 1.24 bits per heavy atom. The fourth-order valence-corrected chi connectivity index (χ4v) is 6.42. The van der Waals surface area contributed by atoms with Gasteiger partial charge in [-0.05, 0) is 116 Å². The average molecular weight is 650 g/mol. The topological polar surface area (TPSA) is 110 Å². The average Bonchev–Trinajstić information content (AvgIpc) is 3.72. The van der Waals surface area contributed by atoms with Crippen LogP contribution in [0.5, 0.6) is 0 Å². The first-order valence-electron chi connectivity index (χ1n) is 15.1. The van der Waals surface area contributed by atoms with Gasteiger partial charge < -0.3 is 19.4 Å². The molecule has 3 aromatic heterocycles. The van der Waals surface area contributed by atoms with E-state index in [0.717, 1.165) is 83.8 Å². The molecule has 0 amide bonds. The molecule has 0 atom stereocenters. The summed E-state index contributed by atoms with van der Waals surface area (Å²) in [5.74, 6) is 0.392. The van der Waals surface area contributed by atoms with Gasteiger partial charge in [-0.25, -0.2) is 9.97 Å². The predicted octanol–water partition coefficient (Wildman–Crippen LogP) is 7.95. The Morgan fingerprint density at radius 3 is 1.89 bits per heavy atom. The molecule has 2 N–H and O–H groups in total. The number of methoxy groups -OCH3 is 2. The number of ether oxygens (including phenoxy) is 2. The maximum absolute atomic E-state index is 12.2. The van der Waals surface area contributed by atoms with E-state index in [1.807, 2.05) is 19.1 Å². The van der Waals surface area contributed by atoms with Crippen molar-refractivity contribution in [3.05, 3.63) is 69.8 Å². The largest absolute Gasteiger partial charge is 0.469 e. The molecule has 5 heterocycles. The number of esters is 2. The third-order valence-electron chi connectivity index (χ3n) is 8.64. The van der Waals surface area contributed by atoms with E-state index in [9.17, 15) is 9.59 Å². The van der Waals surface area contributed by atoms with Gasteiger partial charge in [-0.15, -0.1) is 23.2 Å². The Labute approximate surface area is 272 Å². The fourth-order valence-electron chi connectivity index (χ4n) is 6.04. The highest BCUT2D eigenvalue weighted by molar-refractivity contribution is 6.18. The van der Waals surface area contributed by atoms with Gasteiger partial charge in [-0.2, -0.15) is 0 Å². The van der Waals surface area contributed by atoms with Gasteiger partial charge in [0.1, 0.15) is 0 Å². The van der Waals surface area contributed by atoms with E-state index in [-0.39, 0.29) is 24.8 Å². The standard InChI is InChI=1S/C35H38Cl2N4O4/c1-19-24(7-9-35(43)45-5)33-18-30-22(6-8-34(42)44-4)14-23(38-30)15-27-20(2)25(10-12-36)31(39-27)17-29-21(3)26(11-13-37)32(40-29)16-28(19)41-33/h14-18,38-39H,6-13H2,1-5H3. The molecule has 0 radical (unpaired) electrons. The summed E-state index contributed by atoms with van der Waals surface area (Å²) >= 11 is 12.5. The summed E-state index contributed by atoms with van der Waals surface area (Å²) in [5.41, 5.74) is 14.2. The molecule has 2 aliphatic heterocycles. The quantitative estimate of drug-likeness (QED) is 0.170. The molecular formula is C35H38Cl2N4O4. The van der Waals surface area contributed by atoms with E-state index in [2.05, 4.69) is 42.0 Å². The normalized spacial score (nSPS) is 13.0. The molecule has 8 nitrogen and oxygen atoms in total. The summed E-state index contributed by atoms with van der Waals surface area (Å²) in [6.07, 6.45) is 2.80. The van der Waals surface area contributed by atoms with Crippen molar-refractivity contribution in [3.63, 3.8) is 0 Å². The van der Waals surface area contributed by atoms with E-state index >= 15 is 0 Å². The fraction of sp³-hybridized carbons (Fsp3) is 0.371. The first kappa shape index (κ1) is 32.5. The SMILES string of the molecule is COC(=O)CCC1=C(C)c2cc3nc(cc4[nH]c(cc5cc(CCC(=O)OC)c(cc1n2)[nH]5)c(C)c4CCCl)C(C)=C3CCCl.